The van der Waals surface area contributed by atoms with Gasteiger partial charge in [0.05, 0.1) is 17.9 Å². The first-order chi connectivity index (χ1) is 11.4. The SMILES string of the molecule is CO/N=C1/C=C2CC[C@H]3[C@@H]4C[C@@H](O)[C@H](O)[C@@]4(C)CC[C@@H]3[C@@]2(C)CC1. The van der Waals surface area contributed by atoms with Crippen LogP contribution in [0.5, 0.6) is 0 Å². The van der Waals surface area contributed by atoms with Crippen LogP contribution in [0.4, 0.5) is 0 Å². The van der Waals surface area contributed by atoms with Crippen LogP contribution in [0.1, 0.15) is 58.8 Å². The third-order valence-corrected chi connectivity index (χ3v) is 8.16. The fraction of sp³-hybridized carbons (Fsp3) is 0.850. The van der Waals surface area contributed by atoms with Crippen molar-refractivity contribution >= 4 is 5.71 Å². The van der Waals surface area contributed by atoms with Gasteiger partial charge in [0.1, 0.15) is 7.11 Å². The van der Waals surface area contributed by atoms with Gasteiger partial charge in [0.25, 0.3) is 0 Å². The molecule has 3 fully saturated rings. The first-order valence-corrected chi connectivity index (χ1v) is 9.57. The first kappa shape index (κ1) is 16.6. The van der Waals surface area contributed by atoms with Crippen molar-refractivity contribution in [1.29, 1.82) is 0 Å². The molecule has 4 heteroatoms. The molecule has 0 spiro atoms. The summed E-state index contributed by atoms with van der Waals surface area (Å²) in [6.45, 7) is 4.66. The second-order valence-electron chi connectivity index (χ2n) is 9.06. The van der Waals surface area contributed by atoms with Crippen LogP contribution in [0.25, 0.3) is 0 Å². The van der Waals surface area contributed by atoms with E-state index >= 15 is 0 Å². The third-order valence-electron chi connectivity index (χ3n) is 8.16. The monoisotopic (exact) mass is 333 g/mol. The summed E-state index contributed by atoms with van der Waals surface area (Å²) in [5, 5.41) is 25.0. The molecule has 0 amide bonds. The molecular formula is C20H31NO3. The summed E-state index contributed by atoms with van der Waals surface area (Å²) in [6.07, 6.45) is 8.66. The number of aliphatic hydroxyl groups is 2. The average molecular weight is 333 g/mol. The Hall–Kier alpha value is -0.870. The number of nitrogens with zero attached hydrogens (tertiary/aromatic N) is 1. The number of allylic oxidation sites excluding steroid dienone is 2. The Kier molecular flexibility index (Phi) is 3.85. The molecule has 7 atom stereocenters. The lowest BCUT2D eigenvalue weighted by Crippen LogP contribution is -2.51. The average Bonchev–Trinajstić information content (AvgIpc) is 2.79. The van der Waals surface area contributed by atoms with Gasteiger partial charge in [-0.1, -0.05) is 24.6 Å². The molecule has 0 unspecified atom stereocenters. The van der Waals surface area contributed by atoms with Gasteiger partial charge < -0.3 is 15.1 Å². The molecule has 0 aromatic rings. The summed E-state index contributed by atoms with van der Waals surface area (Å²) < 4.78 is 0. The number of hydrogen-bond donors (Lipinski definition) is 2. The fourth-order valence-corrected chi connectivity index (χ4v) is 6.75. The predicted octanol–water partition coefficient (Wildman–Crippen LogP) is 3.28. The van der Waals surface area contributed by atoms with E-state index in [2.05, 4.69) is 25.1 Å². The highest BCUT2D eigenvalue weighted by molar-refractivity contribution is 5.96. The Balaban J connectivity index is 1.65. The molecule has 24 heavy (non-hydrogen) atoms. The van der Waals surface area contributed by atoms with Crippen molar-refractivity contribution in [2.45, 2.75) is 71.0 Å². The van der Waals surface area contributed by atoms with Gasteiger partial charge in [-0.2, -0.15) is 0 Å². The summed E-state index contributed by atoms with van der Waals surface area (Å²) in [6, 6.07) is 0. The van der Waals surface area contributed by atoms with E-state index in [0.717, 1.165) is 37.8 Å². The van der Waals surface area contributed by atoms with Crippen LogP contribution in [-0.4, -0.2) is 35.2 Å². The predicted molar refractivity (Wildman–Crippen MR) is 93.5 cm³/mol. The highest BCUT2D eigenvalue weighted by Crippen LogP contribution is 2.65. The number of oxime groups is 1. The minimum absolute atomic E-state index is 0.0878. The number of fused-ring (bicyclic) bond motifs is 5. The Morgan fingerprint density at radius 2 is 1.92 bits per heavy atom. The fourth-order valence-electron chi connectivity index (χ4n) is 6.75. The largest absolute Gasteiger partial charge is 0.399 e. The van der Waals surface area contributed by atoms with Crippen LogP contribution in [-0.2, 0) is 4.84 Å². The summed E-state index contributed by atoms with van der Waals surface area (Å²) in [5.41, 5.74) is 2.80. The number of aliphatic hydroxyl groups excluding tert-OH is 2. The summed E-state index contributed by atoms with van der Waals surface area (Å²) in [7, 11) is 1.62. The minimum Gasteiger partial charge on any atom is -0.399 e. The molecule has 0 aromatic carbocycles. The van der Waals surface area contributed by atoms with E-state index in [4.69, 9.17) is 4.84 Å². The lowest BCUT2D eigenvalue weighted by molar-refractivity contribution is -0.0828. The summed E-state index contributed by atoms with van der Waals surface area (Å²) >= 11 is 0. The van der Waals surface area contributed by atoms with Crippen molar-refractivity contribution in [3.8, 4) is 0 Å². The second-order valence-corrected chi connectivity index (χ2v) is 9.06. The molecule has 3 saturated carbocycles. The molecule has 0 radical (unpaired) electrons. The van der Waals surface area contributed by atoms with Crippen LogP contribution in [0.2, 0.25) is 0 Å². The summed E-state index contributed by atoms with van der Waals surface area (Å²) in [5.74, 6) is 1.78. The minimum atomic E-state index is -0.542. The smallest absolute Gasteiger partial charge is 0.106 e. The van der Waals surface area contributed by atoms with Gasteiger partial charge in [-0.25, -0.2) is 0 Å². The Bertz CT molecular complexity index is 585. The maximum atomic E-state index is 10.5. The van der Waals surface area contributed by atoms with Gasteiger partial charge in [-0.15, -0.1) is 0 Å². The van der Waals surface area contributed by atoms with Gasteiger partial charge in [-0.3, -0.25) is 0 Å². The molecular weight excluding hydrogens is 302 g/mol. The molecule has 4 rings (SSSR count). The standard InChI is InChI=1S/C20H31NO3/c1-19-8-6-13(21-24-3)10-12(19)4-5-14-15(19)7-9-20(2)16(14)11-17(22)18(20)23/h10,14-18,22-23H,4-9,11H2,1-3H3/b21-13+/t14-,15+,16+,17-,18+,19+,20+/m1/s1. The Morgan fingerprint density at radius 1 is 1.12 bits per heavy atom. The van der Waals surface area contributed by atoms with Crippen molar-refractivity contribution in [2.75, 3.05) is 7.11 Å². The molecule has 4 nitrogen and oxygen atoms in total. The molecule has 0 aliphatic heterocycles. The molecule has 134 valence electrons. The topological polar surface area (TPSA) is 62.0 Å². The molecule has 0 aromatic heterocycles. The van der Waals surface area contributed by atoms with Crippen molar-refractivity contribution in [3.63, 3.8) is 0 Å². The van der Waals surface area contributed by atoms with Crippen LogP contribution >= 0.6 is 0 Å². The zero-order chi connectivity index (χ0) is 17.1. The lowest BCUT2D eigenvalue weighted by Gasteiger charge is -2.57. The van der Waals surface area contributed by atoms with Crippen LogP contribution in [0.3, 0.4) is 0 Å². The second kappa shape index (κ2) is 5.57. The van der Waals surface area contributed by atoms with E-state index in [1.165, 1.54) is 12.8 Å². The van der Waals surface area contributed by atoms with E-state index in [-0.39, 0.29) is 10.8 Å². The van der Waals surface area contributed by atoms with Crippen molar-refractivity contribution < 1.29 is 15.1 Å². The molecule has 0 heterocycles. The highest BCUT2D eigenvalue weighted by Gasteiger charge is 2.60. The van der Waals surface area contributed by atoms with Gasteiger partial charge in [-0.05, 0) is 79.6 Å². The molecule has 4 aliphatic rings. The van der Waals surface area contributed by atoms with Crippen molar-refractivity contribution in [2.24, 2.45) is 33.7 Å². The summed E-state index contributed by atoms with van der Waals surface area (Å²) in [4.78, 5) is 4.98. The van der Waals surface area contributed by atoms with E-state index in [1.54, 1.807) is 12.7 Å². The molecule has 0 bridgehead atoms. The number of hydrogen-bond acceptors (Lipinski definition) is 4. The van der Waals surface area contributed by atoms with Crippen LogP contribution in [0, 0.1) is 28.6 Å². The first-order valence-electron chi connectivity index (χ1n) is 9.57. The molecule has 4 aliphatic carbocycles. The Morgan fingerprint density at radius 3 is 2.67 bits per heavy atom. The van der Waals surface area contributed by atoms with Crippen LogP contribution in [0.15, 0.2) is 16.8 Å². The molecule has 0 saturated heterocycles. The van der Waals surface area contributed by atoms with Gasteiger partial charge in [0.15, 0.2) is 0 Å². The van der Waals surface area contributed by atoms with E-state index < -0.39 is 12.2 Å². The maximum absolute atomic E-state index is 10.5. The van der Waals surface area contributed by atoms with Crippen molar-refractivity contribution in [3.05, 3.63) is 11.6 Å². The maximum Gasteiger partial charge on any atom is 0.106 e. The highest BCUT2D eigenvalue weighted by atomic mass is 16.6. The lowest BCUT2D eigenvalue weighted by atomic mass is 9.47. The normalized spacial score (nSPS) is 52.3. The Labute approximate surface area is 145 Å². The molecule has 2 N–H and O–H groups in total. The van der Waals surface area contributed by atoms with E-state index in [0.29, 0.717) is 17.8 Å². The van der Waals surface area contributed by atoms with Crippen LogP contribution < -0.4 is 0 Å². The van der Waals surface area contributed by atoms with Gasteiger partial charge in [0, 0.05) is 0 Å². The number of rotatable bonds is 1. The van der Waals surface area contributed by atoms with Gasteiger partial charge in [0.2, 0.25) is 0 Å². The zero-order valence-corrected chi connectivity index (χ0v) is 15.2. The van der Waals surface area contributed by atoms with Crippen molar-refractivity contribution in [1.82, 2.24) is 0 Å². The quantitative estimate of drug-likeness (QED) is 0.724. The van der Waals surface area contributed by atoms with E-state index in [9.17, 15) is 10.2 Å². The van der Waals surface area contributed by atoms with Gasteiger partial charge >= 0.3 is 0 Å². The van der Waals surface area contributed by atoms with E-state index in [1.807, 2.05) is 0 Å². The zero-order valence-electron chi connectivity index (χ0n) is 15.2. The third kappa shape index (κ3) is 2.15.